The van der Waals surface area contributed by atoms with E-state index < -0.39 is 0 Å². The molecule has 0 saturated carbocycles. The number of morpholine rings is 1. The maximum atomic E-state index is 12.1. The molecule has 1 aromatic rings. The van der Waals surface area contributed by atoms with Crippen molar-refractivity contribution in [3.63, 3.8) is 0 Å². The molecule has 2 amide bonds. The van der Waals surface area contributed by atoms with Gasteiger partial charge in [-0.2, -0.15) is 0 Å². The lowest BCUT2D eigenvalue weighted by Crippen LogP contribution is -2.49. The van der Waals surface area contributed by atoms with Crippen LogP contribution in [0.5, 0.6) is 5.75 Å². The Morgan fingerprint density at radius 2 is 1.92 bits per heavy atom. The Balaban J connectivity index is 1.83. The lowest BCUT2D eigenvalue weighted by molar-refractivity contribution is 0.0130. The number of anilines is 1. The smallest absolute Gasteiger partial charge is 0.319 e. The van der Waals surface area contributed by atoms with Crippen LogP contribution in [0.3, 0.4) is 0 Å². The molecule has 0 radical (unpaired) electrons. The lowest BCUT2D eigenvalue weighted by Gasteiger charge is -2.35. The van der Waals surface area contributed by atoms with Gasteiger partial charge < -0.3 is 20.1 Å². The number of nitrogens with zero attached hydrogens (tertiary/aromatic N) is 1. The third-order valence-corrected chi connectivity index (χ3v) is 4.15. The second kappa shape index (κ2) is 9.49. The summed E-state index contributed by atoms with van der Waals surface area (Å²) in [5.74, 6) is 1.36. The summed E-state index contributed by atoms with van der Waals surface area (Å²) in [7, 11) is 1.62. The highest BCUT2D eigenvalue weighted by Crippen LogP contribution is 2.15. The van der Waals surface area contributed by atoms with E-state index in [1.165, 1.54) is 0 Å². The minimum Gasteiger partial charge on any atom is -0.497 e. The number of methoxy groups -OCH3 is 1. The van der Waals surface area contributed by atoms with Crippen molar-refractivity contribution in [1.82, 2.24) is 10.2 Å². The Bertz CT molecular complexity index is 499. The molecule has 0 bridgehead atoms. The van der Waals surface area contributed by atoms with Gasteiger partial charge in [0.2, 0.25) is 0 Å². The van der Waals surface area contributed by atoms with Crippen LogP contribution < -0.4 is 15.4 Å². The second-order valence-corrected chi connectivity index (χ2v) is 6.50. The van der Waals surface area contributed by atoms with Gasteiger partial charge in [-0.3, -0.25) is 4.90 Å². The Hall–Kier alpha value is -1.79. The zero-order valence-electron chi connectivity index (χ0n) is 14.9. The van der Waals surface area contributed by atoms with Crippen molar-refractivity contribution in [3.8, 4) is 5.75 Å². The summed E-state index contributed by atoms with van der Waals surface area (Å²) in [6.07, 6.45) is 1.06. The molecule has 1 fully saturated rings. The molecule has 0 aliphatic carbocycles. The van der Waals surface area contributed by atoms with Gasteiger partial charge in [-0.15, -0.1) is 0 Å². The van der Waals surface area contributed by atoms with Crippen LogP contribution in [0.25, 0.3) is 0 Å². The van der Waals surface area contributed by atoms with Gasteiger partial charge in [0, 0.05) is 31.4 Å². The summed E-state index contributed by atoms with van der Waals surface area (Å²) >= 11 is 0. The van der Waals surface area contributed by atoms with E-state index in [9.17, 15) is 4.79 Å². The summed E-state index contributed by atoms with van der Waals surface area (Å²) in [5, 5.41) is 5.85. The van der Waals surface area contributed by atoms with Crippen molar-refractivity contribution < 1.29 is 14.3 Å². The average Bonchev–Trinajstić information content (AvgIpc) is 2.59. The molecule has 1 atom stereocenters. The first kappa shape index (κ1) is 18.5. The highest BCUT2D eigenvalue weighted by atomic mass is 16.5. The largest absolute Gasteiger partial charge is 0.497 e. The normalized spacial score (nSPS) is 16.7. The predicted octanol–water partition coefficient (Wildman–Crippen LogP) is 2.56. The van der Waals surface area contributed by atoms with Gasteiger partial charge in [0.25, 0.3) is 0 Å². The number of carbonyl (C=O) groups excluding carboxylic acids is 1. The highest BCUT2D eigenvalue weighted by Gasteiger charge is 2.22. The standard InChI is InChI=1S/C18H29N3O3/c1-14(2)12-16(21-8-10-24-11-9-21)13-19-18(22)20-15-4-6-17(23-3)7-5-15/h4-7,14,16H,8-13H2,1-3H3,(H2,19,20,22)/t16-/m0/s1. The molecule has 1 saturated heterocycles. The molecular weight excluding hydrogens is 306 g/mol. The Morgan fingerprint density at radius 3 is 2.50 bits per heavy atom. The SMILES string of the molecule is COc1ccc(NC(=O)NC[C@H](CC(C)C)N2CCOCC2)cc1. The van der Waals surface area contributed by atoms with Gasteiger partial charge in [0.05, 0.1) is 20.3 Å². The van der Waals surface area contributed by atoms with Crippen molar-refractivity contribution >= 4 is 11.7 Å². The van der Waals surface area contributed by atoms with E-state index in [4.69, 9.17) is 9.47 Å². The number of hydrogen-bond donors (Lipinski definition) is 2. The van der Waals surface area contributed by atoms with Crippen LogP contribution in [0.1, 0.15) is 20.3 Å². The number of hydrogen-bond acceptors (Lipinski definition) is 4. The summed E-state index contributed by atoms with van der Waals surface area (Å²) in [5.41, 5.74) is 0.750. The zero-order valence-corrected chi connectivity index (χ0v) is 14.9. The number of rotatable bonds is 7. The molecule has 0 spiro atoms. The van der Waals surface area contributed by atoms with Gasteiger partial charge in [0.15, 0.2) is 0 Å². The van der Waals surface area contributed by atoms with Crippen LogP contribution in [0, 0.1) is 5.92 Å². The first-order valence-corrected chi connectivity index (χ1v) is 8.59. The summed E-state index contributed by atoms with van der Waals surface area (Å²) in [4.78, 5) is 14.6. The molecule has 6 nitrogen and oxygen atoms in total. The second-order valence-electron chi connectivity index (χ2n) is 6.50. The molecule has 0 unspecified atom stereocenters. The molecule has 6 heteroatoms. The van der Waals surface area contributed by atoms with E-state index >= 15 is 0 Å². The van der Waals surface area contributed by atoms with Crippen molar-refractivity contribution in [2.45, 2.75) is 26.3 Å². The van der Waals surface area contributed by atoms with E-state index in [0.29, 0.717) is 18.5 Å². The van der Waals surface area contributed by atoms with E-state index in [1.807, 2.05) is 24.3 Å². The Morgan fingerprint density at radius 1 is 1.25 bits per heavy atom. The van der Waals surface area contributed by atoms with Crippen LogP contribution in [0.15, 0.2) is 24.3 Å². The van der Waals surface area contributed by atoms with Crippen molar-refractivity contribution in [1.29, 1.82) is 0 Å². The highest BCUT2D eigenvalue weighted by molar-refractivity contribution is 5.89. The van der Waals surface area contributed by atoms with Gasteiger partial charge in [-0.1, -0.05) is 13.8 Å². The number of nitrogens with one attached hydrogen (secondary N) is 2. The predicted molar refractivity (Wildman–Crippen MR) is 95.7 cm³/mol. The average molecular weight is 335 g/mol. The van der Waals surface area contributed by atoms with E-state index in [1.54, 1.807) is 7.11 Å². The number of amides is 2. The molecule has 2 N–H and O–H groups in total. The minimum atomic E-state index is -0.179. The van der Waals surface area contributed by atoms with Crippen LogP contribution in [0.2, 0.25) is 0 Å². The number of carbonyl (C=O) groups is 1. The summed E-state index contributed by atoms with van der Waals surface area (Å²) in [6, 6.07) is 7.46. The fourth-order valence-electron chi connectivity index (χ4n) is 2.91. The summed E-state index contributed by atoms with van der Waals surface area (Å²) < 4.78 is 10.5. The quantitative estimate of drug-likeness (QED) is 0.804. The van der Waals surface area contributed by atoms with Gasteiger partial charge in [-0.25, -0.2) is 4.79 Å². The maximum Gasteiger partial charge on any atom is 0.319 e. The number of ether oxygens (including phenoxy) is 2. The maximum absolute atomic E-state index is 12.1. The van der Waals surface area contributed by atoms with E-state index in [0.717, 1.165) is 44.2 Å². The fraction of sp³-hybridized carbons (Fsp3) is 0.611. The molecule has 1 aliphatic rings. The number of benzene rings is 1. The zero-order chi connectivity index (χ0) is 17.4. The van der Waals surface area contributed by atoms with Crippen molar-refractivity contribution in [3.05, 3.63) is 24.3 Å². The van der Waals surface area contributed by atoms with E-state index in [2.05, 4.69) is 29.4 Å². The first-order valence-electron chi connectivity index (χ1n) is 8.59. The molecule has 134 valence electrons. The minimum absolute atomic E-state index is 0.179. The summed E-state index contributed by atoms with van der Waals surface area (Å²) in [6.45, 7) is 8.47. The topological polar surface area (TPSA) is 62.8 Å². The van der Waals surface area contributed by atoms with Crippen LogP contribution in [-0.2, 0) is 4.74 Å². The molecule has 1 heterocycles. The van der Waals surface area contributed by atoms with E-state index in [-0.39, 0.29) is 6.03 Å². The number of urea groups is 1. The third-order valence-electron chi connectivity index (χ3n) is 4.15. The van der Waals surface area contributed by atoms with Gasteiger partial charge >= 0.3 is 6.03 Å². The van der Waals surface area contributed by atoms with Crippen LogP contribution in [-0.4, -0.2) is 56.9 Å². The third kappa shape index (κ3) is 6.02. The van der Waals surface area contributed by atoms with Crippen LogP contribution in [0.4, 0.5) is 10.5 Å². The monoisotopic (exact) mass is 335 g/mol. The molecule has 2 rings (SSSR count). The molecule has 0 aromatic heterocycles. The van der Waals surface area contributed by atoms with Crippen LogP contribution >= 0.6 is 0 Å². The Kier molecular flexibility index (Phi) is 7.34. The van der Waals surface area contributed by atoms with Crippen molar-refractivity contribution in [2.24, 2.45) is 5.92 Å². The molecular formula is C18H29N3O3. The molecule has 1 aliphatic heterocycles. The first-order chi connectivity index (χ1) is 11.6. The fourth-order valence-corrected chi connectivity index (χ4v) is 2.91. The lowest BCUT2D eigenvalue weighted by atomic mass is 10.0. The van der Waals surface area contributed by atoms with Gasteiger partial charge in [0.1, 0.15) is 5.75 Å². The molecule has 1 aromatic carbocycles. The molecule has 24 heavy (non-hydrogen) atoms. The van der Waals surface area contributed by atoms with Crippen molar-refractivity contribution in [2.75, 3.05) is 45.3 Å². The Labute approximate surface area is 144 Å². The van der Waals surface area contributed by atoms with Gasteiger partial charge in [-0.05, 0) is 36.6 Å².